The second-order valence-corrected chi connectivity index (χ2v) is 4.54. The van der Waals surface area contributed by atoms with Gasteiger partial charge in [0, 0.05) is 23.3 Å². The van der Waals surface area contributed by atoms with Crippen LogP contribution in [0.2, 0.25) is 0 Å². The van der Waals surface area contributed by atoms with E-state index in [1.807, 2.05) is 17.9 Å². The molecule has 0 spiro atoms. The molecule has 1 heterocycles. The summed E-state index contributed by atoms with van der Waals surface area (Å²) in [4.78, 5) is 18.2. The van der Waals surface area contributed by atoms with E-state index in [4.69, 9.17) is 0 Å². The SMILES string of the molecule is CCC(C)N(CC)C(=O)c1ncccc1Br. The van der Waals surface area contributed by atoms with E-state index in [9.17, 15) is 4.79 Å². The Morgan fingerprint density at radius 2 is 2.25 bits per heavy atom. The van der Waals surface area contributed by atoms with Gasteiger partial charge in [0.15, 0.2) is 0 Å². The highest BCUT2D eigenvalue weighted by Gasteiger charge is 2.21. The molecule has 0 fully saturated rings. The molecule has 0 aromatic carbocycles. The molecule has 0 aliphatic rings. The monoisotopic (exact) mass is 284 g/mol. The Kier molecular flexibility index (Phi) is 4.93. The van der Waals surface area contributed by atoms with Crippen molar-refractivity contribution in [3.63, 3.8) is 0 Å². The summed E-state index contributed by atoms with van der Waals surface area (Å²) in [5.74, 6) is -0.00988. The molecule has 0 aliphatic heterocycles. The van der Waals surface area contributed by atoms with Crippen LogP contribution in [0.4, 0.5) is 0 Å². The molecule has 16 heavy (non-hydrogen) atoms. The lowest BCUT2D eigenvalue weighted by atomic mass is 10.2. The molecule has 1 unspecified atom stereocenters. The molecule has 1 rings (SSSR count). The van der Waals surface area contributed by atoms with Gasteiger partial charge in [0.2, 0.25) is 0 Å². The van der Waals surface area contributed by atoms with Gasteiger partial charge >= 0.3 is 0 Å². The lowest BCUT2D eigenvalue weighted by Crippen LogP contribution is -2.38. The van der Waals surface area contributed by atoms with Crippen molar-refractivity contribution in [1.82, 2.24) is 9.88 Å². The van der Waals surface area contributed by atoms with Crippen molar-refractivity contribution < 1.29 is 4.79 Å². The van der Waals surface area contributed by atoms with Crippen LogP contribution in [0.1, 0.15) is 37.7 Å². The zero-order chi connectivity index (χ0) is 12.1. The average Bonchev–Trinajstić information content (AvgIpc) is 2.30. The van der Waals surface area contributed by atoms with Crippen molar-refractivity contribution in [2.75, 3.05) is 6.54 Å². The summed E-state index contributed by atoms with van der Waals surface area (Å²) in [7, 11) is 0. The van der Waals surface area contributed by atoms with Gasteiger partial charge in [-0.2, -0.15) is 0 Å². The molecule has 0 aliphatic carbocycles. The van der Waals surface area contributed by atoms with Gasteiger partial charge < -0.3 is 4.90 Å². The molecule has 0 bridgehead atoms. The van der Waals surface area contributed by atoms with Gasteiger partial charge in [-0.15, -0.1) is 0 Å². The minimum absolute atomic E-state index is 0.00988. The Labute approximate surface area is 105 Å². The predicted molar refractivity (Wildman–Crippen MR) is 68.4 cm³/mol. The van der Waals surface area contributed by atoms with E-state index < -0.39 is 0 Å². The largest absolute Gasteiger partial charge is 0.335 e. The third kappa shape index (κ3) is 2.82. The molecule has 1 aromatic heterocycles. The van der Waals surface area contributed by atoms with Crippen LogP contribution in [0.15, 0.2) is 22.8 Å². The molecular formula is C12H17BrN2O. The number of carbonyl (C=O) groups excluding carboxylic acids is 1. The molecule has 0 N–H and O–H groups in total. The van der Waals surface area contributed by atoms with Crippen LogP contribution in [-0.2, 0) is 0 Å². The molecule has 0 radical (unpaired) electrons. The van der Waals surface area contributed by atoms with Crippen molar-refractivity contribution >= 4 is 21.8 Å². The molecule has 3 nitrogen and oxygen atoms in total. The number of pyridine rings is 1. The Hall–Kier alpha value is -0.900. The summed E-state index contributed by atoms with van der Waals surface area (Å²) in [6, 6.07) is 3.89. The van der Waals surface area contributed by atoms with Crippen LogP contribution in [0.25, 0.3) is 0 Å². The van der Waals surface area contributed by atoms with Crippen molar-refractivity contribution in [3.8, 4) is 0 Å². The van der Waals surface area contributed by atoms with E-state index >= 15 is 0 Å². The van der Waals surface area contributed by atoms with Crippen molar-refractivity contribution in [2.24, 2.45) is 0 Å². The van der Waals surface area contributed by atoms with Gasteiger partial charge in [0.1, 0.15) is 5.69 Å². The maximum absolute atomic E-state index is 12.2. The molecule has 4 heteroatoms. The van der Waals surface area contributed by atoms with E-state index in [-0.39, 0.29) is 11.9 Å². The number of rotatable bonds is 4. The fourth-order valence-corrected chi connectivity index (χ4v) is 1.98. The fraction of sp³-hybridized carbons (Fsp3) is 0.500. The first-order valence-electron chi connectivity index (χ1n) is 5.53. The quantitative estimate of drug-likeness (QED) is 0.851. The van der Waals surface area contributed by atoms with E-state index in [0.29, 0.717) is 12.2 Å². The summed E-state index contributed by atoms with van der Waals surface area (Å²) < 4.78 is 0.752. The number of nitrogens with zero attached hydrogens (tertiary/aromatic N) is 2. The third-order valence-corrected chi connectivity index (χ3v) is 3.33. The number of hydrogen-bond acceptors (Lipinski definition) is 2. The fourth-order valence-electron chi connectivity index (χ4n) is 1.55. The summed E-state index contributed by atoms with van der Waals surface area (Å²) >= 11 is 3.36. The van der Waals surface area contributed by atoms with Crippen LogP contribution in [0.5, 0.6) is 0 Å². The third-order valence-electron chi connectivity index (χ3n) is 2.69. The lowest BCUT2D eigenvalue weighted by Gasteiger charge is -2.27. The van der Waals surface area contributed by atoms with E-state index in [2.05, 4.69) is 34.8 Å². The number of aromatic nitrogens is 1. The Morgan fingerprint density at radius 1 is 1.56 bits per heavy atom. The van der Waals surface area contributed by atoms with Crippen LogP contribution in [-0.4, -0.2) is 28.4 Å². The highest BCUT2D eigenvalue weighted by atomic mass is 79.9. The Bertz CT molecular complexity index is 368. The molecule has 1 aromatic rings. The van der Waals surface area contributed by atoms with Crippen LogP contribution >= 0.6 is 15.9 Å². The molecule has 0 saturated heterocycles. The van der Waals surface area contributed by atoms with Gasteiger partial charge in [-0.25, -0.2) is 4.98 Å². The van der Waals surface area contributed by atoms with Gasteiger partial charge in [-0.1, -0.05) is 6.92 Å². The number of halogens is 1. The normalized spacial score (nSPS) is 12.2. The van der Waals surface area contributed by atoms with Crippen LogP contribution in [0, 0.1) is 0 Å². The van der Waals surface area contributed by atoms with Crippen LogP contribution in [0.3, 0.4) is 0 Å². The number of carbonyl (C=O) groups is 1. The molecule has 1 atom stereocenters. The Morgan fingerprint density at radius 3 is 2.75 bits per heavy atom. The standard InChI is InChI=1S/C12H17BrN2O/c1-4-9(3)15(5-2)12(16)11-10(13)7-6-8-14-11/h6-9H,4-5H2,1-3H3. The van der Waals surface area contributed by atoms with E-state index in [1.165, 1.54) is 0 Å². The maximum atomic E-state index is 12.2. The molecule has 88 valence electrons. The zero-order valence-electron chi connectivity index (χ0n) is 9.90. The lowest BCUT2D eigenvalue weighted by molar-refractivity contribution is 0.0693. The van der Waals surface area contributed by atoms with Gasteiger partial charge in [-0.05, 0) is 48.3 Å². The minimum Gasteiger partial charge on any atom is -0.335 e. The molecular weight excluding hydrogens is 268 g/mol. The topological polar surface area (TPSA) is 33.2 Å². The van der Waals surface area contributed by atoms with Gasteiger partial charge in [0.05, 0.1) is 0 Å². The maximum Gasteiger partial charge on any atom is 0.273 e. The van der Waals surface area contributed by atoms with E-state index in [0.717, 1.165) is 10.9 Å². The van der Waals surface area contributed by atoms with Crippen molar-refractivity contribution in [1.29, 1.82) is 0 Å². The zero-order valence-corrected chi connectivity index (χ0v) is 11.5. The highest BCUT2D eigenvalue weighted by molar-refractivity contribution is 9.10. The second-order valence-electron chi connectivity index (χ2n) is 3.68. The highest BCUT2D eigenvalue weighted by Crippen LogP contribution is 2.17. The van der Waals surface area contributed by atoms with E-state index in [1.54, 1.807) is 12.3 Å². The number of amides is 1. The van der Waals surface area contributed by atoms with Gasteiger partial charge in [0.25, 0.3) is 5.91 Å². The first-order valence-corrected chi connectivity index (χ1v) is 6.32. The van der Waals surface area contributed by atoms with Crippen molar-refractivity contribution in [2.45, 2.75) is 33.2 Å². The Balaban J connectivity index is 2.96. The average molecular weight is 285 g/mol. The summed E-state index contributed by atoms with van der Waals surface area (Å²) in [5.41, 5.74) is 0.490. The molecule has 0 saturated carbocycles. The molecule has 1 amide bonds. The van der Waals surface area contributed by atoms with Crippen LogP contribution < -0.4 is 0 Å². The second kappa shape index (κ2) is 5.99. The minimum atomic E-state index is -0.00988. The smallest absolute Gasteiger partial charge is 0.273 e. The summed E-state index contributed by atoms with van der Waals surface area (Å²) in [6.07, 6.45) is 2.59. The first kappa shape index (κ1) is 13.2. The van der Waals surface area contributed by atoms with Crippen molar-refractivity contribution in [3.05, 3.63) is 28.5 Å². The predicted octanol–water partition coefficient (Wildman–Crippen LogP) is 3.10. The van der Waals surface area contributed by atoms with Gasteiger partial charge in [-0.3, -0.25) is 4.79 Å². The summed E-state index contributed by atoms with van der Waals surface area (Å²) in [5, 5.41) is 0. The first-order chi connectivity index (χ1) is 7.61. The summed E-state index contributed by atoms with van der Waals surface area (Å²) in [6.45, 7) is 6.82. The number of hydrogen-bond donors (Lipinski definition) is 0.